The zero-order valence-corrected chi connectivity index (χ0v) is 10.5. The SMILES string of the molecule is NCC(OCC1CCCCO1)c1ccc(F)cc1. The number of rotatable bonds is 5. The van der Waals surface area contributed by atoms with Gasteiger partial charge in [-0.25, -0.2) is 4.39 Å². The Morgan fingerprint density at radius 1 is 1.33 bits per heavy atom. The molecule has 2 N–H and O–H groups in total. The van der Waals surface area contributed by atoms with E-state index in [0.717, 1.165) is 25.0 Å². The monoisotopic (exact) mass is 253 g/mol. The highest BCUT2D eigenvalue weighted by Crippen LogP contribution is 2.19. The average molecular weight is 253 g/mol. The second-order valence-corrected chi connectivity index (χ2v) is 4.60. The van der Waals surface area contributed by atoms with Crippen molar-refractivity contribution in [3.8, 4) is 0 Å². The fourth-order valence-corrected chi connectivity index (χ4v) is 2.14. The van der Waals surface area contributed by atoms with Crippen molar-refractivity contribution >= 4 is 0 Å². The number of hydrogen-bond acceptors (Lipinski definition) is 3. The van der Waals surface area contributed by atoms with E-state index in [4.69, 9.17) is 15.2 Å². The predicted octanol–water partition coefficient (Wildman–Crippen LogP) is 2.41. The van der Waals surface area contributed by atoms with Gasteiger partial charge in [-0.3, -0.25) is 0 Å². The molecule has 0 spiro atoms. The third-order valence-electron chi connectivity index (χ3n) is 3.21. The van der Waals surface area contributed by atoms with Gasteiger partial charge in [-0.15, -0.1) is 0 Å². The lowest BCUT2D eigenvalue weighted by Crippen LogP contribution is -2.27. The summed E-state index contributed by atoms with van der Waals surface area (Å²) in [4.78, 5) is 0. The van der Waals surface area contributed by atoms with E-state index in [-0.39, 0.29) is 18.0 Å². The Kier molecular flexibility index (Phi) is 5.11. The molecule has 2 unspecified atom stereocenters. The first-order valence-corrected chi connectivity index (χ1v) is 6.48. The molecule has 0 aromatic heterocycles. The van der Waals surface area contributed by atoms with E-state index in [9.17, 15) is 4.39 Å². The quantitative estimate of drug-likeness (QED) is 0.876. The van der Waals surface area contributed by atoms with Crippen molar-refractivity contribution in [3.63, 3.8) is 0 Å². The van der Waals surface area contributed by atoms with Crippen LogP contribution in [0.2, 0.25) is 0 Å². The van der Waals surface area contributed by atoms with Gasteiger partial charge in [-0.2, -0.15) is 0 Å². The molecule has 2 rings (SSSR count). The Labute approximate surface area is 107 Å². The minimum absolute atomic E-state index is 0.174. The number of hydrogen-bond donors (Lipinski definition) is 1. The van der Waals surface area contributed by atoms with Crippen LogP contribution in [0.5, 0.6) is 0 Å². The highest BCUT2D eigenvalue weighted by molar-refractivity contribution is 5.19. The van der Waals surface area contributed by atoms with E-state index in [1.54, 1.807) is 12.1 Å². The molecule has 4 heteroatoms. The van der Waals surface area contributed by atoms with E-state index in [1.165, 1.54) is 18.6 Å². The molecule has 1 saturated heterocycles. The lowest BCUT2D eigenvalue weighted by atomic mass is 10.1. The largest absolute Gasteiger partial charge is 0.376 e. The molecule has 1 aliphatic rings. The van der Waals surface area contributed by atoms with Crippen LogP contribution in [-0.4, -0.2) is 25.9 Å². The Balaban J connectivity index is 1.86. The Morgan fingerprint density at radius 2 is 2.11 bits per heavy atom. The molecule has 0 radical (unpaired) electrons. The molecule has 1 aliphatic heterocycles. The molecule has 1 heterocycles. The van der Waals surface area contributed by atoms with Crippen molar-refractivity contribution in [3.05, 3.63) is 35.6 Å². The van der Waals surface area contributed by atoms with Crippen LogP contribution < -0.4 is 5.73 Å². The lowest BCUT2D eigenvalue weighted by molar-refractivity contribution is -0.0618. The van der Waals surface area contributed by atoms with Crippen LogP contribution >= 0.6 is 0 Å². The summed E-state index contributed by atoms with van der Waals surface area (Å²) in [5.74, 6) is -0.245. The van der Waals surface area contributed by atoms with Crippen LogP contribution in [0.1, 0.15) is 30.9 Å². The highest BCUT2D eigenvalue weighted by Gasteiger charge is 2.17. The maximum Gasteiger partial charge on any atom is 0.123 e. The first kappa shape index (κ1) is 13.5. The molecule has 0 saturated carbocycles. The maximum absolute atomic E-state index is 12.8. The van der Waals surface area contributed by atoms with Gasteiger partial charge in [-0.05, 0) is 37.0 Å². The molecule has 1 aromatic rings. The normalized spacial score (nSPS) is 21.8. The number of nitrogens with two attached hydrogens (primary N) is 1. The number of benzene rings is 1. The third-order valence-corrected chi connectivity index (χ3v) is 3.21. The molecule has 0 bridgehead atoms. The minimum Gasteiger partial charge on any atom is -0.376 e. The molecule has 0 amide bonds. The summed E-state index contributed by atoms with van der Waals surface area (Å²) in [5.41, 5.74) is 6.61. The van der Waals surface area contributed by atoms with Crippen LogP contribution in [-0.2, 0) is 9.47 Å². The number of ether oxygens (including phenoxy) is 2. The fraction of sp³-hybridized carbons (Fsp3) is 0.571. The van der Waals surface area contributed by atoms with Crippen LogP contribution in [0.4, 0.5) is 4.39 Å². The average Bonchev–Trinajstić information content (AvgIpc) is 2.42. The molecule has 0 aliphatic carbocycles. The first-order valence-electron chi connectivity index (χ1n) is 6.48. The van der Waals surface area contributed by atoms with Crippen LogP contribution in [0.3, 0.4) is 0 Å². The molecule has 18 heavy (non-hydrogen) atoms. The van der Waals surface area contributed by atoms with Crippen molar-refractivity contribution in [2.75, 3.05) is 19.8 Å². The molecule has 100 valence electrons. The van der Waals surface area contributed by atoms with Crippen LogP contribution in [0.15, 0.2) is 24.3 Å². The second kappa shape index (κ2) is 6.83. The van der Waals surface area contributed by atoms with E-state index >= 15 is 0 Å². The van der Waals surface area contributed by atoms with Gasteiger partial charge in [0.1, 0.15) is 5.82 Å². The van der Waals surface area contributed by atoms with Crippen molar-refractivity contribution in [2.45, 2.75) is 31.5 Å². The third kappa shape index (κ3) is 3.77. The predicted molar refractivity (Wildman–Crippen MR) is 67.7 cm³/mol. The lowest BCUT2D eigenvalue weighted by Gasteiger charge is -2.25. The van der Waals surface area contributed by atoms with Crippen molar-refractivity contribution < 1.29 is 13.9 Å². The maximum atomic E-state index is 12.8. The van der Waals surface area contributed by atoms with Gasteiger partial charge >= 0.3 is 0 Å². The first-order chi connectivity index (χ1) is 8.79. The zero-order chi connectivity index (χ0) is 12.8. The van der Waals surface area contributed by atoms with Crippen molar-refractivity contribution in [2.24, 2.45) is 5.73 Å². The molecular weight excluding hydrogens is 233 g/mol. The highest BCUT2D eigenvalue weighted by atomic mass is 19.1. The van der Waals surface area contributed by atoms with Gasteiger partial charge < -0.3 is 15.2 Å². The van der Waals surface area contributed by atoms with Crippen LogP contribution in [0, 0.1) is 5.82 Å². The summed E-state index contributed by atoms with van der Waals surface area (Å²) < 4.78 is 24.2. The molecule has 3 nitrogen and oxygen atoms in total. The number of halogens is 1. The Morgan fingerprint density at radius 3 is 2.72 bits per heavy atom. The Hall–Kier alpha value is -0.970. The standard InChI is InChI=1S/C14H20FNO2/c15-12-6-4-11(5-7-12)14(9-16)18-10-13-3-1-2-8-17-13/h4-7,13-14H,1-3,8-10,16H2. The summed E-state index contributed by atoms with van der Waals surface area (Å²) in [7, 11) is 0. The van der Waals surface area contributed by atoms with E-state index < -0.39 is 0 Å². The summed E-state index contributed by atoms with van der Waals surface area (Å²) in [6, 6.07) is 6.29. The van der Waals surface area contributed by atoms with E-state index in [0.29, 0.717) is 13.2 Å². The second-order valence-electron chi connectivity index (χ2n) is 4.60. The van der Waals surface area contributed by atoms with Gasteiger partial charge in [0.05, 0.1) is 18.8 Å². The molecular formula is C14H20FNO2. The van der Waals surface area contributed by atoms with Crippen molar-refractivity contribution in [1.82, 2.24) is 0 Å². The van der Waals surface area contributed by atoms with Crippen LogP contribution in [0.25, 0.3) is 0 Å². The van der Waals surface area contributed by atoms with Gasteiger partial charge in [-0.1, -0.05) is 12.1 Å². The zero-order valence-electron chi connectivity index (χ0n) is 10.5. The van der Waals surface area contributed by atoms with Crippen molar-refractivity contribution in [1.29, 1.82) is 0 Å². The van der Waals surface area contributed by atoms with E-state index in [2.05, 4.69) is 0 Å². The molecule has 1 aromatic carbocycles. The topological polar surface area (TPSA) is 44.5 Å². The summed E-state index contributed by atoms with van der Waals surface area (Å²) in [6.45, 7) is 1.76. The summed E-state index contributed by atoms with van der Waals surface area (Å²) in [6.07, 6.45) is 3.36. The molecule has 1 fully saturated rings. The summed E-state index contributed by atoms with van der Waals surface area (Å²) in [5, 5.41) is 0. The smallest absolute Gasteiger partial charge is 0.123 e. The minimum atomic E-state index is -0.245. The summed E-state index contributed by atoms with van der Waals surface area (Å²) >= 11 is 0. The molecule has 2 atom stereocenters. The van der Waals surface area contributed by atoms with Gasteiger partial charge in [0.15, 0.2) is 0 Å². The Bertz CT molecular complexity index is 349. The van der Waals surface area contributed by atoms with Gasteiger partial charge in [0.25, 0.3) is 0 Å². The van der Waals surface area contributed by atoms with Gasteiger partial charge in [0, 0.05) is 13.2 Å². The van der Waals surface area contributed by atoms with E-state index in [1.807, 2.05) is 0 Å². The van der Waals surface area contributed by atoms with Gasteiger partial charge in [0.2, 0.25) is 0 Å². The fourth-order valence-electron chi connectivity index (χ4n) is 2.14.